The minimum Gasteiger partial charge on any atom is -0.481 e. The number of terminal acetylenes is 1. The van der Waals surface area contributed by atoms with Gasteiger partial charge in [0.15, 0.2) is 0 Å². The number of hydrogen-bond donors (Lipinski definition) is 1. The fourth-order valence-corrected chi connectivity index (χ4v) is 2.86. The minimum absolute atomic E-state index is 0.146. The van der Waals surface area contributed by atoms with E-state index in [1.807, 2.05) is 19.1 Å². The Morgan fingerprint density at radius 3 is 2.43 bits per heavy atom. The van der Waals surface area contributed by atoms with Gasteiger partial charge in [0.25, 0.3) is 10.0 Å². The predicted octanol–water partition coefficient (Wildman–Crippen LogP) is 2.81. The van der Waals surface area contributed by atoms with Crippen LogP contribution in [-0.2, 0) is 10.0 Å². The third kappa shape index (κ3) is 3.77. The van der Waals surface area contributed by atoms with Crippen LogP contribution in [-0.4, -0.2) is 15.0 Å². The molecule has 0 saturated carbocycles. The summed E-state index contributed by atoms with van der Waals surface area (Å²) in [6.07, 6.45) is 5.09. The minimum atomic E-state index is -3.62. The number of benzene rings is 2. The molecule has 0 aromatic heterocycles. The summed E-state index contributed by atoms with van der Waals surface area (Å²) in [6, 6.07) is 13.3. The van der Waals surface area contributed by atoms with Gasteiger partial charge in [-0.05, 0) is 42.8 Å². The Hall–Kier alpha value is -2.45. The first kappa shape index (κ1) is 14.9. The van der Waals surface area contributed by atoms with Gasteiger partial charge in [0.1, 0.15) is 12.4 Å². The van der Waals surface area contributed by atoms with Crippen LogP contribution in [0.2, 0.25) is 0 Å². The third-order valence-electron chi connectivity index (χ3n) is 2.85. The second-order valence-corrected chi connectivity index (χ2v) is 6.07. The number of anilines is 1. The molecule has 108 valence electrons. The Balaban J connectivity index is 2.20. The van der Waals surface area contributed by atoms with E-state index in [0.29, 0.717) is 11.4 Å². The molecule has 4 nitrogen and oxygen atoms in total. The molecule has 0 bridgehead atoms. The van der Waals surface area contributed by atoms with Crippen molar-refractivity contribution in [3.8, 4) is 18.1 Å². The molecule has 0 amide bonds. The van der Waals surface area contributed by atoms with E-state index in [-0.39, 0.29) is 11.5 Å². The highest BCUT2D eigenvalue weighted by atomic mass is 32.2. The van der Waals surface area contributed by atoms with Crippen molar-refractivity contribution in [2.45, 2.75) is 11.8 Å². The van der Waals surface area contributed by atoms with Crippen LogP contribution >= 0.6 is 0 Å². The molecule has 21 heavy (non-hydrogen) atoms. The lowest BCUT2D eigenvalue weighted by Gasteiger charge is -2.10. The second-order valence-electron chi connectivity index (χ2n) is 4.38. The molecular formula is C16H15NO3S. The van der Waals surface area contributed by atoms with Gasteiger partial charge >= 0.3 is 0 Å². The lowest BCUT2D eigenvalue weighted by molar-refractivity contribution is 0.370. The number of ether oxygens (including phenoxy) is 1. The van der Waals surface area contributed by atoms with Gasteiger partial charge in [-0.25, -0.2) is 8.42 Å². The average molecular weight is 301 g/mol. The summed E-state index contributed by atoms with van der Waals surface area (Å²) in [5.41, 5.74) is 1.42. The van der Waals surface area contributed by atoms with E-state index in [2.05, 4.69) is 10.6 Å². The van der Waals surface area contributed by atoms with Gasteiger partial charge in [0.05, 0.1) is 10.6 Å². The van der Waals surface area contributed by atoms with Crippen LogP contribution < -0.4 is 9.46 Å². The van der Waals surface area contributed by atoms with Gasteiger partial charge in [-0.15, -0.1) is 6.42 Å². The topological polar surface area (TPSA) is 55.4 Å². The SMILES string of the molecule is C#CCOc1ccc(S(=O)(=O)Nc2ccccc2C)cc1. The van der Waals surface area contributed by atoms with E-state index in [1.165, 1.54) is 12.1 Å². The van der Waals surface area contributed by atoms with Gasteiger partial charge < -0.3 is 4.74 Å². The fraction of sp³-hybridized carbons (Fsp3) is 0.125. The molecule has 0 aliphatic rings. The van der Waals surface area contributed by atoms with Gasteiger partial charge in [0.2, 0.25) is 0 Å². The van der Waals surface area contributed by atoms with Gasteiger partial charge in [-0.1, -0.05) is 24.1 Å². The molecule has 0 spiro atoms. The van der Waals surface area contributed by atoms with E-state index in [0.717, 1.165) is 5.56 Å². The summed E-state index contributed by atoms with van der Waals surface area (Å²) in [5.74, 6) is 2.88. The van der Waals surface area contributed by atoms with Crippen molar-refractivity contribution in [2.75, 3.05) is 11.3 Å². The summed E-state index contributed by atoms with van der Waals surface area (Å²) in [7, 11) is -3.62. The van der Waals surface area contributed by atoms with Crippen molar-refractivity contribution in [1.29, 1.82) is 0 Å². The first-order valence-electron chi connectivity index (χ1n) is 6.28. The maximum absolute atomic E-state index is 12.3. The van der Waals surface area contributed by atoms with E-state index < -0.39 is 10.0 Å². The van der Waals surface area contributed by atoms with E-state index in [1.54, 1.807) is 24.3 Å². The number of para-hydroxylation sites is 1. The Morgan fingerprint density at radius 2 is 1.81 bits per heavy atom. The Labute approximate surface area is 124 Å². The third-order valence-corrected chi connectivity index (χ3v) is 4.23. The smallest absolute Gasteiger partial charge is 0.261 e. The lowest BCUT2D eigenvalue weighted by atomic mass is 10.2. The van der Waals surface area contributed by atoms with Gasteiger partial charge in [-0.3, -0.25) is 4.72 Å². The van der Waals surface area contributed by atoms with Gasteiger partial charge in [0, 0.05) is 0 Å². The van der Waals surface area contributed by atoms with Crippen molar-refractivity contribution in [2.24, 2.45) is 0 Å². The number of nitrogens with one attached hydrogen (secondary N) is 1. The van der Waals surface area contributed by atoms with Crippen LogP contribution in [0.4, 0.5) is 5.69 Å². The van der Waals surface area contributed by atoms with Crippen LogP contribution in [0.3, 0.4) is 0 Å². The number of sulfonamides is 1. The molecule has 0 heterocycles. The van der Waals surface area contributed by atoms with Crippen LogP contribution in [0.5, 0.6) is 5.75 Å². The molecule has 0 fully saturated rings. The summed E-state index contributed by atoms with van der Waals surface area (Å²) < 4.78 is 32.4. The highest BCUT2D eigenvalue weighted by molar-refractivity contribution is 7.92. The van der Waals surface area contributed by atoms with Crippen molar-refractivity contribution < 1.29 is 13.2 Å². The zero-order valence-corrected chi connectivity index (χ0v) is 12.4. The Bertz CT molecular complexity index is 759. The summed E-state index contributed by atoms with van der Waals surface area (Å²) in [6.45, 7) is 1.99. The molecule has 5 heteroatoms. The van der Waals surface area contributed by atoms with E-state index in [9.17, 15) is 8.42 Å². The molecule has 0 atom stereocenters. The Morgan fingerprint density at radius 1 is 1.14 bits per heavy atom. The monoisotopic (exact) mass is 301 g/mol. The van der Waals surface area contributed by atoms with Crippen LogP contribution in [0.25, 0.3) is 0 Å². The quantitative estimate of drug-likeness (QED) is 0.864. The molecule has 2 aromatic carbocycles. The second kappa shape index (κ2) is 6.33. The molecular weight excluding hydrogens is 286 g/mol. The molecule has 0 aliphatic heterocycles. The first-order valence-corrected chi connectivity index (χ1v) is 7.76. The summed E-state index contributed by atoms with van der Waals surface area (Å²) in [5, 5.41) is 0. The van der Waals surface area contributed by atoms with Crippen LogP contribution in [0, 0.1) is 19.3 Å². The largest absolute Gasteiger partial charge is 0.481 e. The number of rotatable bonds is 5. The normalized spacial score (nSPS) is 10.7. The highest BCUT2D eigenvalue weighted by Crippen LogP contribution is 2.21. The Kier molecular flexibility index (Phi) is 4.51. The molecule has 0 unspecified atom stereocenters. The van der Waals surface area contributed by atoms with Gasteiger partial charge in [-0.2, -0.15) is 0 Å². The summed E-state index contributed by atoms with van der Waals surface area (Å²) in [4.78, 5) is 0.166. The van der Waals surface area contributed by atoms with E-state index in [4.69, 9.17) is 11.2 Å². The molecule has 0 aliphatic carbocycles. The van der Waals surface area contributed by atoms with Crippen LogP contribution in [0.15, 0.2) is 53.4 Å². The zero-order chi connectivity index (χ0) is 15.3. The number of hydrogen-bond acceptors (Lipinski definition) is 3. The van der Waals surface area contributed by atoms with E-state index >= 15 is 0 Å². The maximum atomic E-state index is 12.3. The van der Waals surface area contributed by atoms with Crippen molar-refractivity contribution in [1.82, 2.24) is 0 Å². The first-order chi connectivity index (χ1) is 10.0. The van der Waals surface area contributed by atoms with Crippen molar-refractivity contribution >= 4 is 15.7 Å². The molecule has 1 N–H and O–H groups in total. The predicted molar refractivity (Wildman–Crippen MR) is 82.8 cm³/mol. The highest BCUT2D eigenvalue weighted by Gasteiger charge is 2.14. The fourth-order valence-electron chi connectivity index (χ4n) is 1.73. The van der Waals surface area contributed by atoms with Crippen molar-refractivity contribution in [3.05, 3.63) is 54.1 Å². The number of aryl methyl sites for hydroxylation is 1. The summed E-state index contributed by atoms with van der Waals surface area (Å²) >= 11 is 0. The average Bonchev–Trinajstić information content (AvgIpc) is 2.48. The zero-order valence-electron chi connectivity index (χ0n) is 11.5. The maximum Gasteiger partial charge on any atom is 0.261 e. The lowest BCUT2D eigenvalue weighted by Crippen LogP contribution is -2.13. The molecule has 0 radical (unpaired) electrons. The standard InChI is InChI=1S/C16H15NO3S/c1-3-12-20-14-8-10-15(11-9-14)21(18,19)17-16-7-5-4-6-13(16)2/h1,4-11,17H,12H2,2H3. The van der Waals surface area contributed by atoms with Crippen molar-refractivity contribution in [3.63, 3.8) is 0 Å². The molecule has 0 saturated heterocycles. The molecule has 2 aromatic rings. The molecule has 2 rings (SSSR count). The van der Waals surface area contributed by atoms with Crippen LogP contribution in [0.1, 0.15) is 5.56 Å².